The van der Waals surface area contributed by atoms with E-state index in [4.69, 9.17) is 12.2 Å². The Labute approximate surface area is 96.9 Å². The van der Waals surface area contributed by atoms with Gasteiger partial charge in [-0.25, -0.2) is 0 Å². The molecule has 0 spiro atoms. The van der Waals surface area contributed by atoms with Crippen molar-refractivity contribution < 1.29 is 4.79 Å². The van der Waals surface area contributed by atoms with Crippen molar-refractivity contribution in [2.75, 3.05) is 0 Å². The summed E-state index contributed by atoms with van der Waals surface area (Å²) in [6.45, 7) is 5.93. The number of hydrogen-bond acceptors (Lipinski definition) is 2. The van der Waals surface area contributed by atoms with Gasteiger partial charge < -0.3 is 5.73 Å². The van der Waals surface area contributed by atoms with Gasteiger partial charge in [0.1, 0.15) is 0 Å². The van der Waals surface area contributed by atoms with E-state index in [2.05, 4.69) is 5.92 Å². The lowest BCUT2D eigenvalue weighted by Gasteiger charge is -2.12. The minimum Gasteiger partial charge on any atom is -0.320 e. The van der Waals surface area contributed by atoms with Crippen molar-refractivity contribution in [2.45, 2.75) is 33.2 Å². The molecular weight excluding hydrogens is 198 g/mol. The molecule has 1 aromatic rings. The van der Waals surface area contributed by atoms with E-state index in [9.17, 15) is 4.79 Å². The van der Waals surface area contributed by atoms with E-state index in [1.807, 2.05) is 32.9 Å². The molecule has 0 aliphatic rings. The van der Waals surface area contributed by atoms with E-state index in [0.717, 1.165) is 11.1 Å². The zero-order valence-corrected chi connectivity index (χ0v) is 10.0. The van der Waals surface area contributed by atoms with Gasteiger partial charge in [-0.2, -0.15) is 0 Å². The second kappa shape index (κ2) is 4.96. The SMILES string of the molecule is C#CCC(N)C(=O)c1cc(C)c(C)cc1C. The summed E-state index contributed by atoms with van der Waals surface area (Å²) in [4.78, 5) is 12.0. The van der Waals surface area contributed by atoms with Gasteiger partial charge in [0.2, 0.25) is 0 Å². The molecule has 0 fully saturated rings. The first-order valence-corrected chi connectivity index (χ1v) is 5.28. The Kier molecular flexibility index (Phi) is 3.87. The van der Waals surface area contributed by atoms with Crippen molar-refractivity contribution in [2.24, 2.45) is 5.73 Å². The zero-order valence-electron chi connectivity index (χ0n) is 10.0. The van der Waals surface area contributed by atoms with Crippen molar-refractivity contribution in [3.8, 4) is 12.3 Å². The molecule has 0 radical (unpaired) electrons. The number of aryl methyl sites for hydroxylation is 3. The minimum absolute atomic E-state index is 0.0708. The van der Waals surface area contributed by atoms with Crippen molar-refractivity contribution in [3.63, 3.8) is 0 Å². The molecule has 0 heterocycles. The summed E-state index contributed by atoms with van der Waals surface area (Å²) in [6.07, 6.45) is 5.44. The fourth-order valence-electron chi connectivity index (χ4n) is 1.65. The quantitative estimate of drug-likeness (QED) is 0.620. The van der Waals surface area contributed by atoms with Crippen molar-refractivity contribution in [1.29, 1.82) is 0 Å². The first-order valence-electron chi connectivity index (χ1n) is 5.28. The Morgan fingerprint density at radius 1 is 1.31 bits per heavy atom. The summed E-state index contributed by atoms with van der Waals surface area (Å²) in [5, 5.41) is 0. The molecule has 1 atom stereocenters. The van der Waals surface area contributed by atoms with Crippen LogP contribution in [0.1, 0.15) is 33.5 Å². The van der Waals surface area contributed by atoms with Crippen LogP contribution in [-0.4, -0.2) is 11.8 Å². The summed E-state index contributed by atoms with van der Waals surface area (Å²) >= 11 is 0. The van der Waals surface area contributed by atoms with Crippen LogP contribution in [0.4, 0.5) is 0 Å². The molecule has 0 saturated heterocycles. The maximum atomic E-state index is 12.0. The number of nitrogens with two attached hydrogens (primary N) is 1. The summed E-state index contributed by atoms with van der Waals surface area (Å²) in [5.74, 6) is 2.35. The van der Waals surface area contributed by atoms with Gasteiger partial charge in [0, 0.05) is 12.0 Å². The summed E-state index contributed by atoms with van der Waals surface area (Å²) in [7, 11) is 0. The molecule has 0 aliphatic carbocycles. The monoisotopic (exact) mass is 215 g/mol. The molecule has 0 amide bonds. The van der Waals surface area contributed by atoms with Gasteiger partial charge in [0.15, 0.2) is 5.78 Å². The first kappa shape index (κ1) is 12.5. The number of carbonyl (C=O) groups excluding carboxylic acids is 1. The van der Waals surface area contributed by atoms with Gasteiger partial charge in [-0.15, -0.1) is 12.3 Å². The van der Waals surface area contributed by atoms with Crippen LogP contribution in [0.5, 0.6) is 0 Å². The van der Waals surface area contributed by atoms with Gasteiger partial charge in [0.05, 0.1) is 6.04 Å². The van der Waals surface area contributed by atoms with Crippen LogP contribution < -0.4 is 5.73 Å². The third-order valence-electron chi connectivity index (χ3n) is 2.78. The van der Waals surface area contributed by atoms with E-state index >= 15 is 0 Å². The number of terminal acetylenes is 1. The Morgan fingerprint density at radius 3 is 2.44 bits per heavy atom. The molecule has 0 bridgehead atoms. The largest absolute Gasteiger partial charge is 0.320 e. The molecule has 2 N–H and O–H groups in total. The number of ketones is 1. The van der Waals surface area contributed by atoms with Crippen LogP contribution in [-0.2, 0) is 0 Å². The highest BCUT2D eigenvalue weighted by Gasteiger charge is 2.17. The van der Waals surface area contributed by atoms with Gasteiger partial charge >= 0.3 is 0 Å². The molecule has 84 valence electrons. The smallest absolute Gasteiger partial charge is 0.180 e. The van der Waals surface area contributed by atoms with Gasteiger partial charge in [0.25, 0.3) is 0 Å². The van der Waals surface area contributed by atoms with E-state index < -0.39 is 6.04 Å². The van der Waals surface area contributed by atoms with Crippen molar-refractivity contribution in [1.82, 2.24) is 0 Å². The lowest BCUT2D eigenvalue weighted by molar-refractivity contribution is 0.0962. The maximum absolute atomic E-state index is 12.0. The fourth-order valence-corrected chi connectivity index (χ4v) is 1.65. The number of benzene rings is 1. The standard InChI is InChI=1S/C14H17NO/c1-5-6-13(15)14(16)12-8-10(3)9(2)7-11(12)4/h1,7-8,13H,6,15H2,2-4H3. The van der Waals surface area contributed by atoms with Crippen LogP contribution in [0.15, 0.2) is 12.1 Å². The van der Waals surface area contributed by atoms with E-state index in [1.165, 1.54) is 5.56 Å². The van der Waals surface area contributed by atoms with E-state index in [0.29, 0.717) is 5.56 Å². The summed E-state index contributed by atoms with van der Waals surface area (Å²) in [5.41, 5.74) is 9.65. The third kappa shape index (κ3) is 2.50. The average molecular weight is 215 g/mol. The topological polar surface area (TPSA) is 43.1 Å². The van der Waals surface area contributed by atoms with Crippen LogP contribution in [0.25, 0.3) is 0 Å². The molecule has 1 unspecified atom stereocenters. The Bertz CT molecular complexity index is 455. The first-order chi connectivity index (χ1) is 7.47. The van der Waals surface area contributed by atoms with Crippen LogP contribution in [0.3, 0.4) is 0 Å². The van der Waals surface area contributed by atoms with E-state index in [1.54, 1.807) is 0 Å². The molecule has 0 aliphatic heterocycles. The Balaban J connectivity index is 3.10. The molecule has 1 aromatic carbocycles. The van der Waals surface area contributed by atoms with Gasteiger partial charge in [-0.1, -0.05) is 6.07 Å². The Morgan fingerprint density at radius 2 is 1.88 bits per heavy atom. The molecule has 2 heteroatoms. The highest BCUT2D eigenvalue weighted by Crippen LogP contribution is 2.17. The van der Waals surface area contributed by atoms with Gasteiger partial charge in [-0.05, 0) is 43.5 Å². The van der Waals surface area contributed by atoms with Crippen LogP contribution in [0, 0.1) is 33.1 Å². The van der Waals surface area contributed by atoms with Crippen LogP contribution in [0.2, 0.25) is 0 Å². The average Bonchev–Trinajstić information content (AvgIpc) is 2.23. The Hall–Kier alpha value is -1.59. The maximum Gasteiger partial charge on any atom is 0.180 e. The number of Topliss-reactive ketones (excluding diaryl/α,β-unsaturated/α-hetero) is 1. The molecular formula is C14H17NO. The predicted octanol–water partition coefficient (Wildman–Crippen LogP) is 2.15. The van der Waals surface area contributed by atoms with Crippen molar-refractivity contribution in [3.05, 3.63) is 34.4 Å². The van der Waals surface area contributed by atoms with Crippen molar-refractivity contribution >= 4 is 5.78 Å². The second-order valence-electron chi connectivity index (χ2n) is 4.13. The predicted molar refractivity (Wildman–Crippen MR) is 66.4 cm³/mol. The molecule has 0 saturated carbocycles. The van der Waals surface area contributed by atoms with Crippen LogP contribution >= 0.6 is 0 Å². The lowest BCUT2D eigenvalue weighted by atomic mass is 9.94. The lowest BCUT2D eigenvalue weighted by Crippen LogP contribution is -2.30. The number of hydrogen-bond donors (Lipinski definition) is 1. The highest BCUT2D eigenvalue weighted by atomic mass is 16.1. The molecule has 1 rings (SSSR count). The minimum atomic E-state index is -0.592. The summed E-state index contributed by atoms with van der Waals surface area (Å²) < 4.78 is 0. The number of rotatable bonds is 3. The highest BCUT2D eigenvalue weighted by molar-refractivity contribution is 6.01. The third-order valence-corrected chi connectivity index (χ3v) is 2.78. The van der Waals surface area contributed by atoms with E-state index in [-0.39, 0.29) is 12.2 Å². The van der Waals surface area contributed by atoms with Gasteiger partial charge in [-0.3, -0.25) is 4.79 Å². The fraction of sp³-hybridized carbons (Fsp3) is 0.357. The molecule has 0 aromatic heterocycles. The zero-order chi connectivity index (χ0) is 12.3. The second-order valence-corrected chi connectivity index (χ2v) is 4.13. The normalized spacial score (nSPS) is 11.9. The molecule has 16 heavy (non-hydrogen) atoms. The number of carbonyl (C=O) groups is 1. The summed E-state index contributed by atoms with van der Waals surface area (Å²) in [6, 6.07) is 3.31. The molecule has 2 nitrogen and oxygen atoms in total.